The van der Waals surface area contributed by atoms with Gasteiger partial charge in [0.1, 0.15) is 0 Å². The fourth-order valence-corrected chi connectivity index (χ4v) is 3.15. The second kappa shape index (κ2) is 8.37. The lowest BCUT2D eigenvalue weighted by Gasteiger charge is -2.15. The Labute approximate surface area is 156 Å². The number of methoxy groups -OCH3 is 1. The predicted octanol–water partition coefficient (Wildman–Crippen LogP) is 4.96. The van der Waals surface area contributed by atoms with E-state index in [-0.39, 0.29) is 5.91 Å². The van der Waals surface area contributed by atoms with Crippen LogP contribution in [0, 0.1) is 17.4 Å². The summed E-state index contributed by atoms with van der Waals surface area (Å²) in [6, 6.07) is 9.47. The van der Waals surface area contributed by atoms with Crippen LogP contribution in [0.1, 0.15) is 34.8 Å². The lowest BCUT2D eigenvalue weighted by molar-refractivity contribution is 0.102. The number of hydrogen-bond donors (Lipinski definition) is 1. The Balaban J connectivity index is 2.31. The monoisotopic (exact) mass is 439 g/mol. The summed E-state index contributed by atoms with van der Waals surface area (Å²) in [5.41, 5.74) is 3.46. The number of benzene rings is 2. The maximum absolute atomic E-state index is 12.7. The van der Waals surface area contributed by atoms with Gasteiger partial charge in [0.25, 0.3) is 5.91 Å². The van der Waals surface area contributed by atoms with Gasteiger partial charge in [-0.15, -0.1) is 0 Å². The Kier molecular flexibility index (Phi) is 6.48. The van der Waals surface area contributed by atoms with Crippen molar-refractivity contribution in [1.82, 2.24) is 0 Å². The van der Waals surface area contributed by atoms with E-state index in [9.17, 15) is 4.79 Å². The molecule has 0 fully saturated rings. The maximum Gasteiger partial charge on any atom is 0.255 e. The molecule has 0 saturated heterocycles. The van der Waals surface area contributed by atoms with Crippen molar-refractivity contribution in [1.29, 1.82) is 0 Å². The zero-order valence-electron chi connectivity index (χ0n) is 14.4. The van der Waals surface area contributed by atoms with E-state index in [1.54, 1.807) is 13.2 Å². The Morgan fingerprint density at radius 2 is 1.88 bits per heavy atom. The fourth-order valence-electron chi connectivity index (χ4n) is 2.39. The molecular weight excluding hydrogens is 417 g/mol. The van der Waals surface area contributed by atoms with Crippen molar-refractivity contribution in [3.05, 3.63) is 50.6 Å². The predicted molar refractivity (Wildman–Crippen MR) is 105 cm³/mol. The number of hydrogen-bond acceptors (Lipinski definition) is 3. The molecule has 2 aromatic rings. The lowest BCUT2D eigenvalue weighted by Crippen LogP contribution is -2.14. The summed E-state index contributed by atoms with van der Waals surface area (Å²) in [6.07, 6.45) is 0.911. The number of anilines is 1. The summed E-state index contributed by atoms with van der Waals surface area (Å²) < 4.78 is 12.0. The molecule has 2 rings (SSSR count). The fraction of sp³-hybridized carbons (Fsp3) is 0.316. The van der Waals surface area contributed by atoms with Gasteiger partial charge in [0.05, 0.1) is 17.3 Å². The molecule has 0 aliphatic rings. The molecule has 24 heavy (non-hydrogen) atoms. The lowest BCUT2D eigenvalue weighted by atomic mass is 10.1. The van der Waals surface area contributed by atoms with E-state index < -0.39 is 0 Å². The molecular formula is C19H22INO3. The van der Waals surface area contributed by atoms with Gasteiger partial charge in [-0.25, -0.2) is 0 Å². The molecule has 0 saturated carbocycles. The number of carbonyl (C=O) groups is 1. The molecule has 1 amide bonds. The Morgan fingerprint density at radius 3 is 2.46 bits per heavy atom. The first-order chi connectivity index (χ1) is 11.5. The van der Waals surface area contributed by atoms with Gasteiger partial charge in [-0.3, -0.25) is 4.79 Å². The average Bonchev–Trinajstić information content (AvgIpc) is 2.56. The van der Waals surface area contributed by atoms with Crippen LogP contribution in [0.25, 0.3) is 0 Å². The Hall–Kier alpha value is -1.76. The van der Waals surface area contributed by atoms with Crippen LogP contribution in [-0.2, 0) is 0 Å². The molecule has 0 unspecified atom stereocenters. The quantitative estimate of drug-likeness (QED) is 0.648. The van der Waals surface area contributed by atoms with Crippen LogP contribution in [0.3, 0.4) is 0 Å². The highest BCUT2D eigenvalue weighted by Gasteiger charge is 2.16. The van der Waals surface area contributed by atoms with Gasteiger partial charge >= 0.3 is 0 Å². The van der Waals surface area contributed by atoms with Crippen molar-refractivity contribution in [2.75, 3.05) is 19.0 Å². The molecule has 0 atom stereocenters. The summed E-state index contributed by atoms with van der Waals surface area (Å²) in [7, 11) is 1.58. The van der Waals surface area contributed by atoms with Crippen molar-refractivity contribution in [2.24, 2.45) is 0 Å². The van der Waals surface area contributed by atoms with E-state index in [4.69, 9.17) is 9.47 Å². The molecule has 128 valence electrons. The smallest absolute Gasteiger partial charge is 0.255 e. The molecule has 2 aromatic carbocycles. The minimum Gasteiger partial charge on any atom is -0.493 e. The Morgan fingerprint density at radius 1 is 1.21 bits per heavy atom. The van der Waals surface area contributed by atoms with Gasteiger partial charge in [-0.1, -0.05) is 25.1 Å². The number of nitrogens with one attached hydrogen (secondary N) is 1. The van der Waals surface area contributed by atoms with E-state index in [2.05, 4.69) is 27.9 Å². The van der Waals surface area contributed by atoms with E-state index >= 15 is 0 Å². The van der Waals surface area contributed by atoms with Gasteiger partial charge in [0.2, 0.25) is 0 Å². The molecule has 4 nitrogen and oxygen atoms in total. The highest BCUT2D eigenvalue weighted by Crippen LogP contribution is 2.34. The van der Waals surface area contributed by atoms with Gasteiger partial charge in [-0.05, 0) is 66.1 Å². The number of aryl methyl sites for hydroxylation is 2. The SMILES string of the molecule is CCCOc1c(I)cc(C(=O)Nc2c(C)cccc2C)cc1OC. The van der Waals surface area contributed by atoms with E-state index in [0.717, 1.165) is 26.8 Å². The number of rotatable bonds is 6. The number of para-hydroxylation sites is 1. The second-order valence-electron chi connectivity index (χ2n) is 5.56. The zero-order chi connectivity index (χ0) is 17.7. The third kappa shape index (κ3) is 4.20. The van der Waals surface area contributed by atoms with Crippen LogP contribution in [0.4, 0.5) is 5.69 Å². The van der Waals surface area contributed by atoms with Crippen LogP contribution in [0.15, 0.2) is 30.3 Å². The summed E-state index contributed by atoms with van der Waals surface area (Å²) in [6.45, 7) is 6.62. The highest BCUT2D eigenvalue weighted by molar-refractivity contribution is 14.1. The molecule has 0 aliphatic carbocycles. The van der Waals surface area contributed by atoms with Crippen molar-refractivity contribution < 1.29 is 14.3 Å². The van der Waals surface area contributed by atoms with Gasteiger partial charge < -0.3 is 14.8 Å². The normalized spacial score (nSPS) is 10.4. The van der Waals surface area contributed by atoms with Crippen LogP contribution < -0.4 is 14.8 Å². The summed E-state index contributed by atoms with van der Waals surface area (Å²) in [5.74, 6) is 1.09. The summed E-state index contributed by atoms with van der Waals surface area (Å²) in [5, 5.41) is 3.00. The minimum atomic E-state index is -0.161. The highest BCUT2D eigenvalue weighted by atomic mass is 127. The first-order valence-electron chi connectivity index (χ1n) is 7.85. The van der Waals surface area contributed by atoms with Crippen molar-refractivity contribution in [3.8, 4) is 11.5 Å². The number of carbonyl (C=O) groups excluding carboxylic acids is 1. The van der Waals surface area contributed by atoms with Gasteiger partial charge in [-0.2, -0.15) is 0 Å². The molecule has 0 spiro atoms. The van der Waals surface area contributed by atoms with Crippen LogP contribution in [0.5, 0.6) is 11.5 Å². The van der Waals surface area contributed by atoms with Crippen LogP contribution >= 0.6 is 22.6 Å². The van der Waals surface area contributed by atoms with Crippen molar-refractivity contribution >= 4 is 34.2 Å². The molecule has 0 aromatic heterocycles. The molecule has 0 radical (unpaired) electrons. The van der Waals surface area contributed by atoms with E-state index in [0.29, 0.717) is 23.7 Å². The second-order valence-corrected chi connectivity index (χ2v) is 6.72. The average molecular weight is 439 g/mol. The number of ether oxygens (including phenoxy) is 2. The van der Waals surface area contributed by atoms with Crippen molar-refractivity contribution in [3.63, 3.8) is 0 Å². The van der Waals surface area contributed by atoms with Gasteiger partial charge in [0, 0.05) is 11.3 Å². The topological polar surface area (TPSA) is 47.6 Å². The summed E-state index contributed by atoms with van der Waals surface area (Å²) in [4.78, 5) is 12.7. The van der Waals surface area contributed by atoms with E-state index in [1.807, 2.05) is 45.0 Å². The summed E-state index contributed by atoms with van der Waals surface area (Å²) >= 11 is 2.17. The maximum atomic E-state index is 12.7. The Bertz CT molecular complexity index is 723. The third-order valence-electron chi connectivity index (χ3n) is 3.66. The number of halogens is 1. The standard InChI is InChI=1S/C19H22INO3/c1-5-9-24-18-15(20)10-14(11-16(18)23-4)19(22)21-17-12(2)7-6-8-13(17)3/h6-8,10-11H,5,9H2,1-4H3,(H,21,22). The van der Waals surface area contributed by atoms with Crippen LogP contribution in [-0.4, -0.2) is 19.6 Å². The van der Waals surface area contributed by atoms with Crippen LogP contribution in [0.2, 0.25) is 0 Å². The molecule has 0 aliphatic heterocycles. The third-order valence-corrected chi connectivity index (χ3v) is 4.46. The van der Waals surface area contributed by atoms with E-state index in [1.165, 1.54) is 0 Å². The first kappa shape index (κ1) is 18.6. The number of amides is 1. The largest absolute Gasteiger partial charge is 0.493 e. The molecule has 0 bridgehead atoms. The van der Waals surface area contributed by atoms with Gasteiger partial charge in [0.15, 0.2) is 11.5 Å². The molecule has 1 N–H and O–H groups in total. The van der Waals surface area contributed by atoms with Crippen molar-refractivity contribution in [2.45, 2.75) is 27.2 Å². The molecule has 5 heteroatoms. The zero-order valence-corrected chi connectivity index (χ0v) is 16.6. The molecule has 0 heterocycles. The first-order valence-corrected chi connectivity index (χ1v) is 8.93. The minimum absolute atomic E-state index is 0.161.